The minimum atomic E-state index is -0.502. The molecule has 1 rings (SSSR count). The Morgan fingerprint density at radius 2 is 2.19 bits per heavy atom. The fraction of sp³-hybridized carbons (Fsp3) is 0.364. The maximum absolute atomic E-state index is 11.5. The lowest BCUT2D eigenvalue weighted by Crippen LogP contribution is -2.23. The van der Waals surface area contributed by atoms with Gasteiger partial charge >= 0.3 is 5.97 Å². The van der Waals surface area contributed by atoms with Crippen LogP contribution in [0.15, 0.2) is 22.7 Å². The molecule has 4 nitrogen and oxygen atoms in total. The van der Waals surface area contributed by atoms with Crippen LogP contribution >= 0.6 is 15.9 Å². The quantitative estimate of drug-likeness (QED) is 0.856. The van der Waals surface area contributed by atoms with Gasteiger partial charge in [0.25, 0.3) is 0 Å². The van der Waals surface area contributed by atoms with E-state index in [9.17, 15) is 4.79 Å². The molecule has 0 saturated carbocycles. The lowest BCUT2D eigenvalue weighted by atomic mass is 9.98. The zero-order chi connectivity index (χ0) is 12.1. The molecule has 0 amide bonds. The Hall–Kier alpha value is -1.07. The molecule has 0 heterocycles. The van der Waals surface area contributed by atoms with Crippen LogP contribution in [0.25, 0.3) is 0 Å². The van der Waals surface area contributed by atoms with Gasteiger partial charge in [-0.05, 0) is 18.2 Å². The van der Waals surface area contributed by atoms with Gasteiger partial charge in [-0.15, -0.1) is 0 Å². The van der Waals surface area contributed by atoms with Crippen molar-refractivity contribution in [2.45, 2.75) is 5.92 Å². The van der Waals surface area contributed by atoms with Crippen molar-refractivity contribution in [3.8, 4) is 5.75 Å². The Kier molecular flexibility index (Phi) is 4.76. The van der Waals surface area contributed by atoms with Gasteiger partial charge in [-0.2, -0.15) is 0 Å². The molecule has 16 heavy (non-hydrogen) atoms. The Morgan fingerprint density at radius 1 is 1.50 bits per heavy atom. The molecule has 2 N–H and O–H groups in total. The van der Waals surface area contributed by atoms with E-state index in [-0.39, 0.29) is 12.5 Å². The van der Waals surface area contributed by atoms with E-state index in [0.717, 1.165) is 10.0 Å². The van der Waals surface area contributed by atoms with Gasteiger partial charge in [0.15, 0.2) is 0 Å². The predicted octanol–water partition coefficient (Wildman–Crippen LogP) is 1.67. The molecule has 1 atom stereocenters. The molecule has 0 aliphatic rings. The lowest BCUT2D eigenvalue weighted by molar-refractivity contribution is -0.142. The normalized spacial score (nSPS) is 12.0. The molecule has 0 fully saturated rings. The first-order chi connectivity index (χ1) is 7.63. The second-order valence-corrected chi connectivity index (χ2v) is 4.11. The second kappa shape index (κ2) is 5.86. The van der Waals surface area contributed by atoms with Crippen molar-refractivity contribution in [2.75, 3.05) is 20.8 Å². The molecule has 5 heteroatoms. The van der Waals surface area contributed by atoms with Gasteiger partial charge in [0.05, 0.1) is 20.1 Å². The average Bonchev–Trinajstić information content (AvgIpc) is 2.30. The zero-order valence-electron chi connectivity index (χ0n) is 9.20. The number of benzene rings is 1. The van der Waals surface area contributed by atoms with Crippen molar-refractivity contribution >= 4 is 21.9 Å². The summed E-state index contributed by atoms with van der Waals surface area (Å²) in [5.41, 5.74) is 6.31. The summed E-state index contributed by atoms with van der Waals surface area (Å²) in [5.74, 6) is -0.236. The highest BCUT2D eigenvalue weighted by Gasteiger charge is 2.23. The first-order valence-electron chi connectivity index (χ1n) is 4.75. The predicted molar refractivity (Wildman–Crippen MR) is 64.5 cm³/mol. The topological polar surface area (TPSA) is 61.5 Å². The molecule has 0 bridgehead atoms. The van der Waals surface area contributed by atoms with Crippen molar-refractivity contribution in [1.82, 2.24) is 0 Å². The van der Waals surface area contributed by atoms with Gasteiger partial charge in [0, 0.05) is 16.6 Å². The Labute approximate surface area is 103 Å². The van der Waals surface area contributed by atoms with Crippen molar-refractivity contribution in [1.29, 1.82) is 0 Å². The summed E-state index contributed by atoms with van der Waals surface area (Å²) in [6, 6.07) is 5.44. The first kappa shape index (κ1) is 13.0. The first-order valence-corrected chi connectivity index (χ1v) is 5.54. The molecule has 0 aliphatic heterocycles. The summed E-state index contributed by atoms with van der Waals surface area (Å²) in [5, 5.41) is 0. The van der Waals surface area contributed by atoms with Gasteiger partial charge in [0.1, 0.15) is 5.75 Å². The van der Waals surface area contributed by atoms with Crippen LogP contribution in [0, 0.1) is 0 Å². The van der Waals surface area contributed by atoms with Crippen LogP contribution in [0.1, 0.15) is 11.5 Å². The number of halogens is 1. The number of carbonyl (C=O) groups is 1. The molecule has 0 aliphatic carbocycles. The van der Waals surface area contributed by atoms with E-state index in [2.05, 4.69) is 15.9 Å². The third-order valence-electron chi connectivity index (χ3n) is 2.29. The fourth-order valence-electron chi connectivity index (χ4n) is 1.47. The van der Waals surface area contributed by atoms with Crippen LogP contribution in [0.4, 0.5) is 0 Å². The van der Waals surface area contributed by atoms with E-state index in [1.165, 1.54) is 7.11 Å². The molecular formula is C11H14BrNO3. The molecule has 0 spiro atoms. The Balaban J connectivity index is 3.17. The molecule has 88 valence electrons. The number of hydrogen-bond donors (Lipinski definition) is 1. The van der Waals surface area contributed by atoms with Gasteiger partial charge in [-0.25, -0.2) is 0 Å². The molecule has 0 saturated heterocycles. The van der Waals surface area contributed by atoms with E-state index in [4.69, 9.17) is 15.2 Å². The van der Waals surface area contributed by atoms with Gasteiger partial charge in [-0.3, -0.25) is 4.79 Å². The van der Waals surface area contributed by atoms with Gasteiger partial charge in [-0.1, -0.05) is 15.9 Å². The maximum atomic E-state index is 11.5. The summed E-state index contributed by atoms with van der Waals surface area (Å²) in [7, 11) is 2.90. The van der Waals surface area contributed by atoms with Crippen molar-refractivity contribution in [2.24, 2.45) is 5.73 Å². The van der Waals surface area contributed by atoms with E-state index >= 15 is 0 Å². The summed E-state index contributed by atoms with van der Waals surface area (Å²) >= 11 is 3.35. The lowest BCUT2D eigenvalue weighted by Gasteiger charge is -2.16. The Bertz CT molecular complexity index is 381. The highest BCUT2D eigenvalue weighted by molar-refractivity contribution is 9.10. The van der Waals surface area contributed by atoms with Crippen LogP contribution in [0.5, 0.6) is 5.75 Å². The van der Waals surface area contributed by atoms with Crippen LogP contribution in [0.3, 0.4) is 0 Å². The Morgan fingerprint density at radius 3 is 2.69 bits per heavy atom. The zero-order valence-corrected chi connectivity index (χ0v) is 10.8. The standard InChI is InChI=1S/C11H14BrNO3/c1-15-10-4-3-7(12)5-8(10)9(6-13)11(14)16-2/h3-5,9H,6,13H2,1-2H3. The number of methoxy groups -OCH3 is 2. The van der Waals surface area contributed by atoms with Crippen LogP contribution in [-0.4, -0.2) is 26.7 Å². The van der Waals surface area contributed by atoms with Gasteiger partial charge in [0.2, 0.25) is 0 Å². The van der Waals surface area contributed by atoms with Crippen LogP contribution < -0.4 is 10.5 Å². The van der Waals surface area contributed by atoms with Gasteiger partial charge < -0.3 is 15.2 Å². The fourth-order valence-corrected chi connectivity index (χ4v) is 1.85. The number of carbonyl (C=O) groups excluding carboxylic acids is 1. The summed E-state index contributed by atoms with van der Waals surface area (Å²) in [6.45, 7) is 0.180. The molecular weight excluding hydrogens is 274 g/mol. The maximum Gasteiger partial charge on any atom is 0.314 e. The molecule has 1 unspecified atom stereocenters. The third kappa shape index (κ3) is 2.74. The van der Waals surface area contributed by atoms with E-state index in [1.807, 2.05) is 12.1 Å². The van der Waals surface area contributed by atoms with Crippen LogP contribution in [-0.2, 0) is 9.53 Å². The molecule has 0 aromatic heterocycles. The van der Waals surface area contributed by atoms with Crippen molar-refractivity contribution in [3.63, 3.8) is 0 Å². The van der Waals surface area contributed by atoms with Crippen molar-refractivity contribution < 1.29 is 14.3 Å². The molecule has 1 aromatic carbocycles. The monoisotopic (exact) mass is 287 g/mol. The second-order valence-electron chi connectivity index (χ2n) is 3.20. The van der Waals surface area contributed by atoms with E-state index in [0.29, 0.717) is 5.75 Å². The number of esters is 1. The number of ether oxygens (including phenoxy) is 2. The number of nitrogens with two attached hydrogens (primary N) is 1. The molecule has 1 aromatic rings. The van der Waals surface area contributed by atoms with E-state index in [1.54, 1.807) is 13.2 Å². The molecule has 0 radical (unpaired) electrons. The SMILES string of the molecule is COC(=O)C(CN)c1cc(Br)ccc1OC. The summed E-state index contributed by atoms with van der Waals surface area (Å²) in [6.07, 6.45) is 0. The third-order valence-corrected chi connectivity index (χ3v) is 2.78. The highest BCUT2D eigenvalue weighted by Crippen LogP contribution is 2.29. The summed E-state index contributed by atoms with van der Waals surface area (Å²) in [4.78, 5) is 11.5. The van der Waals surface area contributed by atoms with Crippen LogP contribution in [0.2, 0.25) is 0 Å². The largest absolute Gasteiger partial charge is 0.496 e. The summed E-state index contributed by atoms with van der Waals surface area (Å²) < 4.78 is 10.8. The van der Waals surface area contributed by atoms with E-state index < -0.39 is 5.92 Å². The highest BCUT2D eigenvalue weighted by atomic mass is 79.9. The number of hydrogen-bond acceptors (Lipinski definition) is 4. The van der Waals surface area contributed by atoms with Crippen molar-refractivity contribution in [3.05, 3.63) is 28.2 Å². The minimum absolute atomic E-state index is 0.180. The average molecular weight is 288 g/mol. The smallest absolute Gasteiger partial charge is 0.314 e. The minimum Gasteiger partial charge on any atom is -0.496 e. The number of rotatable bonds is 4.